The van der Waals surface area contributed by atoms with Gasteiger partial charge in [-0.25, -0.2) is 4.39 Å². The molecule has 1 heterocycles. The zero-order valence-corrected chi connectivity index (χ0v) is 11.1. The van der Waals surface area contributed by atoms with Crippen LogP contribution >= 0.6 is 11.6 Å². The number of halogens is 2. The van der Waals surface area contributed by atoms with Crippen LogP contribution in [0.3, 0.4) is 0 Å². The molecule has 0 spiro atoms. The van der Waals surface area contributed by atoms with Crippen LogP contribution in [0.2, 0.25) is 5.02 Å². The monoisotopic (exact) mass is 267 g/mol. The van der Waals surface area contributed by atoms with Crippen LogP contribution in [0.1, 0.15) is 25.1 Å². The highest BCUT2D eigenvalue weighted by molar-refractivity contribution is 6.30. The largest absolute Gasteiger partial charge is 0.459 e. The van der Waals surface area contributed by atoms with E-state index >= 15 is 0 Å². The van der Waals surface area contributed by atoms with Crippen LogP contribution in [0.4, 0.5) is 4.39 Å². The lowest BCUT2D eigenvalue weighted by molar-refractivity contribution is 0.430. The second kappa shape index (κ2) is 5.55. The van der Waals surface area contributed by atoms with Crippen molar-refractivity contribution in [3.8, 4) is 11.3 Å². The summed E-state index contributed by atoms with van der Waals surface area (Å²) in [7, 11) is 1.87. The molecule has 1 aromatic heterocycles. The molecular formula is C14H15ClFNO. The van der Waals surface area contributed by atoms with Gasteiger partial charge in [-0.05, 0) is 43.8 Å². The van der Waals surface area contributed by atoms with Crippen molar-refractivity contribution in [3.05, 3.63) is 46.9 Å². The second-order valence-electron chi connectivity index (χ2n) is 4.08. The smallest absolute Gasteiger partial charge is 0.137 e. The number of nitrogens with one attached hydrogen (secondary N) is 1. The molecule has 0 saturated carbocycles. The second-order valence-corrected chi connectivity index (χ2v) is 4.51. The molecule has 0 bridgehead atoms. The van der Waals surface area contributed by atoms with Crippen molar-refractivity contribution in [2.24, 2.45) is 0 Å². The first-order valence-electron chi connectivity index (χ1n) is 5.88. The van der Waals surface area contributed by atoms with Crippen LogP contribution in [-0.2, 0) is 0 Å². The summed E-state index contributed by atoms with van der Waals surface area (Å²) in [4.78, 5) is 0. The van der Waals surface area contributed by atoms with Gasteiger partial charge in [0.05, 0.1) is 11.6 Å². The molecule has 2 aromatic rings. The third-order valence-electron chi connectivity index (χ3n) is 2.92. The van der Waals surface area contributed by atoms with Crippen molar-refractivity contribution in [2.45, 2.75) is 19.4 Å². The van der Waals surface area contributed by atoms with Gasteiger partial charge in [-0.3, -0.25) is 0 Å². The Balaban J connectivity index is 2.34. The van der Waals surface area contributed by atoms with Crippen molar-refractivity contribution in [2.75, 3.05) is 7.05 Å². The summed E-state index contributed by atoms with van der Waals surface area (Å²) in [6.45, 7) is 2.06. The van der Waals surface area contributed by atoms with Gasteiger partial charge in [0, 0.05) is 5.02 Å². The van der Waals surface area contributed by atoms with E-state index in [1.807, 2.05) is 13.1 Å². The minimum absolute atomic E-state index is 0.147. The van der Waals surface area contributed by atoms with E-state index in [9.17, 15) is 4.39 Å². The third-order valence-corrected chi connectivity index (χ3v) is 3.16. The molecule has 2 rings (SSSR count). The maximum absolute atomic E-state index is 13.8. The Kier molecular flexibility index (Phi) is 4.04. The summed E-state index contributed by atoms with van der Waals surface area (Å²) < 4.78 is 19.4. The van der Waals surface area contributed by atoms with Gasteiger partial charge in [-0.1, -0.05) is 18.5 Å². The van der Waals surface area contributed by atoms with Gasteiger partial charge in [0.1, 0.15) is 17.3 Å². The Hall–Kier alpha value is -1.32. The van der Waals surface area contributed by atoms with Crippen molar-refractivity contribution in [1.82, 2.24) is 5.32 Å². The quantitative estimate of drug-likeness (QED) is 0.888. The van der Waals surface area contributed by atoms with Gasteiger partial charge >= 0.3 is 0 Å². The average molecular weight is 268 g/mol. The third kappa shape index (κ3) is 2.57. The van der Waals surface area contributed by atoms with E-state index in [2.05, 4.69) is 12.2 Å². The molecule has 0 aliphatic heterocycles. The highest BCUT2D eigenvalue weighted by Gasteiger charge is 2.14. The van der Waals surface area contributed by atoms with E-state index < -0.39 is 0 Å². The number of benzene rings is 1. The predicted octanol–water partition coefficient (Wildman–Crippen LogP) is 4.41. The zero-order valence-electron chi connectivity index (χ0n) is 10.3. The highest BCUT2D eigenvalue weighted by atomic mass is 35.5. The molecule has 1 unspecified atom stereocenters. The topological polar surface area (TPSA) is 25.2 Å². The van der Waals surface area contributed by atoms with E-state index in [0.717, 1.165) is 12.2 Å². The van der Waals surface area contributed by atoms with Crippen LogP contribution < -0.4 is 5.32 Å². The minimum Gasteiger partial charge on any atom is -0.459 e. The molecule has 0 aliphatic carbocycles. The van der Waals surface area contributed by atoms with Gasteiger partial charge in [0.2, 0.25) is 0 Å². The van der Waals surface area contributed by atoms with Gasteiger partial charge in [0.15, 0.2) is 0 Å². The summed E-state index contributed by atoms with van der Waals surface area (Å²) in [6, 6.07) is 8.36. The summed E-state index contributed by atoms with van der Waals surface area (Å²) in [5, 5.41) is 3.53. The molecule has 4 heteroatoms. The Morgan fingerprint density at radius 2 is 2.11 bits per heavy atom. The van der Waals surface area contributed by atoms with Crippen LogP contribution in [0.15, 0.2) is 34.7 Å². The van der Waals surface area contributed by atoms with Gasteiger partial charge in [0.25, 0.3) is 0 Å². The molecule has 2 nitrogen and oxygen atoms in total. The summed E-state index contributed by atoms with van der Waals surface area (Å²) in [5.41, 5.74) is 0.427. The highest BCUT2D eigenvalue weighted by Crippen LogP contribution is 2.29. The molecule has 96 valence electrons. The minimum atomic E-state index is -0.374. The van der Waals surface area contributed by atoms with Gasteiger partial charge in [-0.2, -0.15) is 0 Å². The summed E-state index contributed by atoms with van der Waals surface area (Å²) in [6.07, 6.45) is 0.909. The Morgan fingerprint density at radius 3 is 2.72 bits per heavy atom. The van der Waals surface area contributed by atoms with Crippen LogP contribution in [0, 0.1) is 5.82 Å². The Morgan fingerprint density at radius 1 is 1.33 bits per heavy atom. The summed E-state index contributed by atoms with van der Waals surface area (Å²) in [5.74, 6) is 0.957. The van der Waals surface area contributed by atoms with Crippen molar-refractivity contribution in [3.63, 3.8) is 0 Å². The predicted molar refractivity (Wildman–Crippen MR) is 71.2 cm³/mol. The Bertz CT molecular complexity index is 534. The fourth-order valence-corrected chi connectivity index (χ4v) is 2.08. The first-order chi connectivity index (χ1) is 8.65. The van der Waals surface area contributed by atoms with Crippen LogP contribution in [0.5, 0.6) is 0 Å². The molecule has 18 heavy (non-hydrogen) atoms. The summed E-state index contributed by atoms with van der Waals surface area (Å²) >= 11 is 5.72. The number of rotatable bonds is 4. The van der Waals surface area contributed by atoms with Crippen molar-refractivity contribution < 1.29 is 8.81 Å². The maximum Gasteiger partial charge on any atom is 0.137 e. The fourth-order valence-electron chi connectivity index (χ4n) is 1.92. The van der Waals surface area contributed by atoms with Gasteiger partial charge < -0.3 is 9.73 Å². The molecule has 1 N–H and O–H groups in total. The molecule has 0 amide bonds. The molecule has 0 saturated heterocycles. The Labute approximate surface area is 111 Å². The number of hydrogen-bond acceptors (Lipinski definition) is 2. The lowest BCUT2D eigenvalue weighted by atomic mass is 10.1. The molecule has 1 aromatic carbocycles. The lowest BCUT2D eigenvalue weighted by Gasteiger charge is -2.10. The molecular weight excluding hydrogens is 253 g/mol. The first kappa shape index (κ1) is 13.1. The standard InChI is InChI=1S/C14H15ClFNO/c1-3-12(17-2)14-7-6-13(18-14)10-5-4-9(15)8-11(10)16/h4-8,12,17H,3H2,1-2H3. The first-order valence-corrected chi connectivity index (χ1v) is 6.26. The maximum atomic E-state index is 13.8. The van der Waals surface area contributed by atoms with Crippen molar-refractivity contribution in [1.29, 1.82) is 0 Å². The van der Waals surface area contributed by atoms with E-state index in [-0.39, 0.29) is 11.9 Å². The fraction of sp³-hybridized carbons (Fsp3) is 0.286. The SMILES string of the molecule is CCC(NC)c1ccc(-c2ccc(Cl)cc2F)o1. The van der Waals surface area contributed by atoms with E-state index in [1.54, 1.807) is 18.2 Å². The normalized spacial score (nSPS) is 12.7. The molecule has 0 radical (unpaired) electrons. The van der Waals surface area contributed by atoms with E-state index in [4.69, 9.17) is 16.0 Å². The van der Waals surface area contributed by atoms with E-state index in [1.165, 1.54) is 6.07 Å². The van der Waals surface area contributed by atoms with Crippen molar-refractivity contribution >= 4 is 11.6 Å². The van der Waals surface area contributed by atoms with E-state index in [0.29, 0.717) is 16.3 Å². The average Bonchev–Trinajstić information content (AvgIpc) is 2.80. The zero-order chi connectivity index (χ0) is 13.1. The van der Waals surface area contributed by atoms with Crippen LogP contribution in [-0.4, -0.2) is 7.05 Å². The van der Waals surface area contributed by atoms with Crippen LogP contribution in [0.25, 0.3) is 11.3 Å². The number of furan rings is 1. The van der Waals surface area contributed by atoms with Gasteiger partial charge in [-0.15, -0.1) is 0 Å². The molecule has 1 atom stereocenters. The molecule has 0 fully saturated rings. The molecule has 0 aliphatic rings. The number of hydrogen-bond donors (Lipinski definition) is 1. The lowest BCUT2D eigenvalue weighted by Crippen LogP contribution is -2.14.